The van der Waals surface area contributed by atoms with Gasteiger partial charge < -0.3 is 10.3 Å². The van der Waals surface area contributed by atoms with Gasteiger partial charge >= 0.3 is 0 Å². The summed E-state index contributed by atoms with van der Waals surface area (Å²) in [5.41, 5.74) is 7.52. The minimum Gasteiger partial charge on any atom is -0.398 e. The van der Waals surface area contributed by atoms with Gasteiger partial charge in [-0.05, 0) is 53.6 Å². The Bertz CT molecular complexity index is 589. The third kappa shape index (κ3) is 2.97. The second-order valence-corrected chi connectivity index (χ2v) is 6.62. The lowest BCUT2D eigenvalue weighted by atomic mass is 10.00. The number of aromatic nitrogens is 2. The van der Waals surface area contributed by atoms with E-state index in [4.69, 9.17) is 10.3 Å². The second-order valence-electron chi connectivity index (χ2n) is 5.38. The number of nitrogens with two attached hydrogens (primary N) is 1. The van der Waals surface area contributed by atoms with E-state index in [-0.39, 0.29) is 0 Å². The molecule has 1 aromatic heterocycles. The molecule has 20 heavy (non-hydrogen) atoms. The smallest absolute Gasteiger partial charge is 0.260 e. The van der Waals surface area contributed by atoms with Crippen molar-refractivity contribution in [2.45, 2.75) is 44.4 Å². The summed E-state index contributed by atoms with van der Waals surface area (Å²) in [6, 6.07) is 5.84. The first-order valence-electron chi connectivity index (χ1n) is 7.13. The van der Waals surface area contributed by atoms with Crippen molar-refractivity contribution in [3.8, 4) is 11.5 Å². The second kappa shape index (κ2) is 6.11. The molecule has 2 aromatic rings. The molecule has 0 unspecified atom stereocenters. The first-order valence-corrected chi connectivity index (χ1v) is 8.21. The molecule has 1 saturated carbocycles. The summed E-state index contributed by atoms with van der Waals surface area (Å²) in [6.07, 6.45) is 7.51. The Labute approximate surface area is 132 Å². The van der Waals surface area contributed by atoms with Crippen molar-refractivity contribution in [3.05, 3.63) is 27.6 Å². The van der Waals surface area contributed by atoms with Gasteiger partial charge in [0.1, 0.15) is 0 Å². The fourth-order valence-electron chi connectivity index (χ4n) is 2.76. The summed E-state index contributed by atoms with van der Waals surface area (Å²) in [4.78, 5) is 4.59. The van der Waals surface area contributed by atoms with E-state index in [1.54, 1.807) is 0 Å². The highest BCUT2D eigenvalue weighted by Crippen LogP contribution is 2.32. The standard InChI is InChI=1S/C15H18IN3O/c16-11-7-8-13(17)12(9-11)15-18-14(19-20-15)10-5-3-1-2-4-6-10/h7-10H,1-6,17H2. The first-order chi connectivity index (χ1) is 9.74. The number of halogens is 1. The molecule has 1 heterocycles. The highest BCUT2D eigenvalue weighted by molar-refractivity contribution is 14.1. The molecule has 2 N–H and O–H groups in total. The largest absolute Gasteiger partial charge is 0.398 e. The fourth-order valence-corrected chi connectivity index (χ4v) is 3.25. The number of hydrogen-bond donors (Lipinski definition) is 1. The maximum absolute atomic E-state index is 6.00. The van der Waals surface area contributed by atoms with Crippen LogP contribution in [0.4, 0.5) is 5.69 Å². The number of benzene rings is 1. The number of nitrogen functional groups attached to an aromatic ring is 1. The summed E-state index contributed by atoms with van der Waals surface area (Å²) in [5, 5.41) is 4.18. The van der Waals surface area contributed by atoms with Crippen LogP contribution in [0.1, 0.15) is 50.3 Å². The van der Waals surface area contributed by atoms with Gasteiger partial charge in [0, 0.05) is 15.2 Å². The fraction of sp³-hybridized carbons (Fsp3) is 0.467. The van der Waals surface area contributed by atoms with E-state index in [0.717, 1.165) is 15.0 Å². The van der Waals surface area contributed by atoms with Crippen molar-refractivity contribution in [3.63, 3.8) is 0 Å². The Kier molecular flexibility index (Phi) is 4.24. The summed E-state index contributed by atoms with van der Waals surface area (Å²) in [5.74, 6) is 1.83. The molecule has 0 amide bonds. The van der Waals surface area contributed by atoms with Crippen LogP contribution in [-0.4, -0.2) is 10.1 Å². The summed E-state index contributed by atoms with van der Waals surface area (Å²) in [6.45, 7) is 0. The highest BCUT2D eigenvalue weighted by Gasteiger charge is 2.21. The quantitative estimate of drug-likeness (QED) is 0.476. The topological polar surface area (TPSA) is 64.9 Å². The van der Waals surface area contributed by atoms with Gasteiger partial charge in [0.05, 0.1) is 5.56 Å². The molecule has 0 aliphatic heterocycles. The Hall–Kier alpha value is -1.11. The van der Waals surface area contributed by atoms with Gasteiger partial charge in [0.15, 0.2) is 5.82 Å². The maximum Gasteiger partial charge on any atom is 0.260 e. The van der Waals surface area contributed by atoms with Crippen molar-refractivity contribution in [2.75, 3.05) is 5.73 Å². The van der Waals surface area contributed by atoms with E-state index in [2.05, 4.69) is 32.7 Å². The van der Waals surface area contributed by atoms with Gasteiger partial charge in [0.2, 0.25) is 0 Å². The Balaban J connectivity index is 1.87. The number of rotatable bonds is 2. The highest BCUT2D eigenvalue weighted by atomic mass is 127. The van der Waals surface area contributed by atoms with Crippen LogP contribution >= 0.6 is 22.6 Å². The van der Waals surface area contributed by atoms with Crippen LogP contribution in [0.25, 0.3) is 11.5 Å². The first kappa shape index (κ1) is 13.9. The Morgan fingerprint density at radius 1 is 1.15 bits per heavy atom. The van der Waals surface area contributed by atoms with Gasteiger partial charge in [-0.2, -0.15) is 4.98 Å². The van der Waals surface area contributed by atoms with Crippen molar-refractivity contribution in [1.82, 2.24) is 10.1 Å². The number of anilines is 1. The molecule has 0 bridgehead atoms. The number of hydrogen-bond acceptors (Lipinski definition) is 4. The van der Waals surface area contributed by atoms with Crippen LogP contribution < -0.4 is 5.73 Å². The SMILES string of the molecule is Nc1ccc(I)cc1-c1nc(C2CCCCCC2)no1. The number of nitrogens with zero attached hydrogens (tertiary/aromatic N) is 2. The minimum atomic E-state index is 0.444. The Morgan fingerprint density at radius 3 is 2.65 bits per heavy atom. The molecule has 106 valence electrons. The average molecular weight is 383 g/mol. The van der Waals surface area contributed by atoms with E-state index in [1.807, 2.05) is 18.2 Å². The lowest BCUT2D eigenvalue weighted by molar-refractivity contribution is 0.410. The monoisotopic (exact) mass is 383 g/mol. The molecule has 4 nitrogen and oxygen atoms in total. The lowest BCUT2D eigenvalue weighted by Gasteiger charge is -2.07. The lowest BCUT2D eigenvalue weighted by Crippen LogP contribution is -1.99. The zero-order valence-corrected chi connectivity index (χ0v) is 13.5. The van der Waals surface area contributed by atoms with Gasteiger partial charge in [-0.15, -0.1) is 0 Å². The van der Waals surface area contributed by atoms with Crippen LogP contribution in [0.5, 0.6) is 0 Å². The van der Waals surface area contributed by atoms with Crippen LogP contribution in [0.15, 0.2) is 22.7 Å². The van der Waals surface area contributed by atoms with E-state index in [0.29, 0.717) is 17.5 Å². The van der Waals surface area contributed by atoms with Crippen molar-refractivity contribution in [2.24, 2.45) is 0 Å². The van der Waals surface area contributed by atoms with E-state index in [1.165, 1.54) is 38.5 Å². The predicted molar refractivity (Wildman–Crippen MR) is 87.3 cm³/mol. The maximum atomic E-state index is 6.00. The van der Waals surface area contributed by atoms with Crippen LogP contribution in [-0.2, 0) is 0 Å². The molecular weight excluding hydrogens is 365 g/mol. The summed E-state index contributed by atoms with van der Waals surface area (Å²) < 4.78 is 6.55. The van der Waals surface area contributed by atoms with Crippen LogP contribution in [0, 0.1) is 3.57 Å². The molecule has 0 spiro atoms. The molecule has 1 aromatic carbocycles. The molecule has 0 atom stereocenters. The molecule has 3 rings (SSSR count). The van der Waals surface area contributed by atoms with Crippen molar-refractivity contribution in [1.29, 1.82) is 0 Å². The zero-order valence-electron chi connectivity index (χ0n) is 11.3. The molecular formula is C15H18IN3O. The average Bonchev–Trinajstić information content (AvgIpc) is 2.77. The predicted octanol–water partition coefficient (Wildman–Crippen LogP) is 4.36. The third-order valence-electron chi connectivity index (χ3n) is 3.91. The normalized spacial score (nSPS) is 17.1. The Morgan fingerprint density at radius 2 is 1.90 bits per heavy atom. The molecule has 1 aliphatic rings. The summed E-state index contributed by atoms with van der Waals surface area (Å²) in [7, 11) is 0. The van der Waals surface area contributed by atoms with Gasteiger partial charge in [-0.1, -0.05) is 30.8 Å². The molecule has 1 fully saturated rings. The molecule has 0 saturated heterocycles. The molecule has 5 heteroatoms. The minimum absolute atomic E-state index is 0.444. The third-order valence-corrected chi connectivity index (χ3v) is 4.58. The molecule has 1 aliphatic carbocycles. The van der Waals surface area contributed by atoms with Gasteiger partial charge in [0.25, 0.3) is 5.89 Å². The van der Waals surface area contributed by atoms with E-state index in [9.17, 15) is 0 Å². The van der Waals surface area contributed by atoms with E-state index < -0.39 is 0 Å². The van der Waals surface area contributed by atoms with Crippen molar-refractivity contribution < 1.29 is 4.52 Å². The van der Waals surface area contributed by atoms with Gasteiger partial charge in [-0.3, -0.25) is 0 Å². The summed E-state index contributed by atoms with van der Waals surface area (Å²) >= 11 is 2.26. The van der Waals surface area contributed by atoms with Crippen molar-refractivity contribution >= 4 is 28.3 Å². The van der Waals surface area contributed by atoms with Crippen LogP contribution in [0.3, 0.4) is 0 Å². The van der Waals surface area contributed by atoms with Crippen LogP contribution in [0.2, 0.25) is 0 Å². The molecule has 0 radical (unpaired) electrons. The van der Waals surface area contributed by atoms with Gasteiger partial charge in [-0.25, -0.2) is 0 Å². The zero-order chi connectivity index (χ0) is 13.9. The van der Waals surface area contributed by atoms with E-state index >= 15 is 0 Å².